The van der Waals surface area contributed by atoms with Crippen LogP contribution < -0.4 is 10.5 Å². The zero-order chi connectivity index (χ0) is 13.0. The molecule has 2 N–H and O–H groups in total. The lowest BCUT2D eigenvalue weighted by atomic mass is 10.2. The zero-order valence-corrected chi connectivity index (χ0v) is 10.6. The Balaban J connectivity index is 1.90. The number of nitrogens with zero attached hydrogens (tertiary/aromatic N) is 2. The predicted molar refractivity (Wildman–Crippen MR) is 67.2 cm³/mol. The van der Waals surface area contributed by atoms with Crippen molar-refractivity contribution in [1.82, 2.24) is 10.1 Å². The topological polar surface area (TPSA) is 74.2 Å². The van der Waals surface area contributed by atoms with Crippen molar-refractivity contribution in [3.63, 3.8) is 0 Å². The van der Waals surface area contributed by atoms with E-state index in [1.54, 1.807) is 6.20 Å². The van der Waals surface area contributed by atoms with E-state index in [-0.39, 0.29) is 6.04 Å². The van der Waals surface area contributed by atoms with E-state index < -0.39 is 0 Å². The SMILES string of the molecule is Cc1cc(COc2ccc(CC(C)N)nc2)no1. The second-order valence-electron chi connectivity index (χ2n) is 4.38. The molecule has 0 amide bonds. The smallest absolute Gasteiger partial charge is 0.138 e. The molecule has 5 heteroatoms. The summed E-state index contributed by atoms with van der Waals surface area (Å²) in [6.07, 6.45) is 2.47. The molecule has 0 saturated heterocycles. The van der Waals surface area contributed by atoms with Crippen LogP contribution >= 0.6 is 0 Å². The first kappa shape index (κ1) is 12.6. The van der Waals surface area contributed by atoms with Crippen molar-refractivity contribution in [3.8, 4) is 5.75 Å². The van der Waals surface area contributed by atoms with Gasteiger partial charge in [0.15, 0.2) is 0 Å². The number of rotatable bonds is 5. The van der Waals surface area contributed by atoms with Gasteiger partial charge < -0.3 is 15.0 Å². The van der Waals surface area contributed by atoms with Gasteiger partial charge in [-0.05, 0) is 26.0 Å². The van der Waals surface area contributed by atoms with Gasteiger partial charge in [0.25, 0.3) is 0 Å². The molecule has 0 radical (unpaired) electrons. The normalized spacial score (nSPS) is 12.4. The first-order valence-corrected chi connectivity index (χ1v) is 5.89. The molecule has 0 aliphatic carbocycles. The summed E-state index contributed by atoms with van der Waals surface area (Å²) in [5, 5.41) is 3.85. The molecular formula is C13H17N3O2. The molecule has 0 saturated carbocycles. The van der Waals surface area contributed by atoms with Gasteiger partial charge in [-0.25, -0.2) is 0 Å². The summed E-state index contributed by atoms with van der Waals surface area (Å²) in [6, 6.07) is 5.77. The highest BCUT2D eigenvalue weighted by Gasteiger charge is 2.03. The van der Waals surface area contributed by atoms with E-state index in [0.29, 0.717) is 12.4 Å². The van der Waals surface area contributed by atoms with Gasteiger partial charge in [-0.2, -0.15) is 0 Å². The Morgan fingerprint density at radius 3 is 2.78 bits per heavy atom. The predicted octanol–water partition coefficient (Wildman–Crippen LogP) is 1.85. The number of aromatic nitrogens is 2. The third-order valence-electron chi connectivity index (χ3n) is 2.39. The molecule has 0 bridgehead atoms. The third-order valence-corrected chi connectivity index (χ3v) is 2.39. The minimum atomic E-state index is 0.113. The molecular weight excluding hydrogens is 230 g/mol. The Morgan fingerprint density at radius 1 is 1.39 bits per heavy atom. The zero-order valence-electron chi connectivity index (χ0n) is 10.6. The molecule has 2 rings (SSSR count). The molecule has 0 aliphatic heterocycles. The van der Waals surface area contributed by atoms with Gasteiger partial charge in [0.1, 0.15) is 23.8 Å². The van der Waals surface area contributed by atoms with Crippen molar-refractivity contribution in [2.75, 3.05) is 0 Å². The summed E-state index contributed by atoms with van der Waals surface area (Å²) < 4.78 is 10.5. The van der Waals surface area contributed by atoms with Crippen molar-refractivity contribution in [2.45, 2.75) is 32.9 Å². The summed E-state index contributed by atoms with van der Waals surface area (Å²) in [4.78, 5) is 4.29. The summed E-state index contributed by atoms with van der Waals surface area (Å²) in [5.41, 5.74) is 7.45. The Labute approximate surface area is 106 Å². The fourth-order valence-corrected chi connectivity index (χ4v) is 1.59. The monoisotopic (exact) mass is 247 g/mol. The number of ether oxygens (including phenoxy) is 1. The van der Waals surface area contributed by atoms with E-state index in [2.05, 4.69) is 10.1 Å². The molecule has 18 heavy (non-hydrogen) atoms. The lowest BCUT2D eigenvalue weighted by Crippen LogP contribution is -2.18. The van der Waals surface area contributed by atoms with Crippen LogP contribution in [0.1, 0.15) is 24.1 Å². The number of nitrogens with two attached hydrogens (primary N) is 1. The molecule has 2 aromatic rings. The average Bonchev–Trinajstić information content (AvgIpc) is 2.74. The van der Waals surface area contributed by atoms with Gasteiger partial charge in [-0.15, -0.1) is 0 Å². The molecule has 0 aliphatic rings. The minimum absolute atomic E-state index is 0.113. The Hall–Kier alpha value is -1.88. The van der Waals surface area contributed by atoms with E-state index in [0.717, 1.165) is 23.6 Å². The quantitative estimate of drug-likeness (QED) is 0.872. The summed E-state index contributed by atoms with van der Waals surface area (Å²) >= 11 is 0. The van der Waals surface area contributed by atoms with E-state index >= 15 is 0 Å². The van der Waals surface area contributed by atoms with Gasteiger partial charge in [0.2, 0.25) is 0 Å². The highest BCUT2D eigenvalue weighted by Crippen LogP contribution is 2.12. The first-order valence-electron chi connectivity index (χ1n) is 5.89. The number of aryl methyl sites for hydroxylation is 1. The number of hydrogen-bond acceptors (Lipinski definition) is 5. The molecule has 1 unspecified atom stereocenters. The number of pyridine rings is 1. The maximum Gasteiger partial charge on any atom is 0.138 e. The molecule has 2 heterocycles. The third kappa shape index (κ3) is 3.56. The summed E-state index contributed by atoms with van der Waals surface area (Å²) in [6.45, 7) is 4.19. The van der Waals surface area contributed by atoms with Crippen LogP contribution in [0.3, 0.4) is 0 Å². The van der Waals surface area contributed by atoms with Crippen molar-refractivity contribution < 1.29 is 9.26 Å². The largest absolute Gasteiger partial charge is 0.486 e. The van der Waals surface area contributed by atoms with Crippen LogP contribution in [-0.4, -0.2) is 16.2 Å². The fraction of sp³-hybridized carbons (Fsp3) is 0.385. The van der Waals surface area contributed by atoms with Crippen molar-refractivity contribution >= 4 is 0 Å². The van der Waals surface area contributed by atoms with Crippen molar-refractivity contribution in [1.29, 1.82) is 0 Å². The Bertz CT molecular complexity index is 491. The van der Waals surface area contributed by atoms with Gasteiger partial charge in [0, 0.05) is 24.2 Å². The highest BCUT2D eigenvalue weighted by atomic mass is 16.5. The Morgan fingerprint density at radius 2 is 2.22 bits per heavy atom. The average molecular weight is 247 g/mol. The van der Waals surface area contributed by atoms with Crippen LogP contribution in [-0.2, 0) is 13.0 Å². The van der Waals surface area contributed by atoms with E-state index in [4.69, 9.17) is 15.0 Å². The fourth-order valence-electron chi connectivity index (χ4n) is 1.59. The maximum absolute atomic E-state index is 5.71. The van der Waals surface area contributed by atoms with Gasteiger partial charge in [-0.3, -0.25) is 4.98 Å². The van der Waals surface area contributed by atoms with Crippen LogP contribution in [0.15, 0.2) is 28.9 Å². The van der Waals surface area contributed by atoms with Gasteiger partial charge in [-0.1, -0.05) is 5.16 Å². The molecule has 0 fully saturated rings. The van der Waals surface area contributed by atoms with Gasteiger partial charge in [0.05, 0.1) is 6.20 Å². The van der Waals surface area contributed by atoms with Gasteiger partial charge >= 0.3 is 0 Å². The van der Waals surface area contributed by atoms with Crippen molar-refractivity contribution in [2.24, 2.45) is 5.73 Å². The van der Waals surface area contributed by atoms with E-state index in [1.807, 2.05) is 32.0 Å². The Kier molecular flexibility index (Phi) is 3.94. The van der Waals surface area contributed by atoms with Crippen LogP contribution in [0.25, 0.3) is 0 Å². The standard InChI is InChI=1S/C13H17N3O2/c1-9(14)5-11-3-4-13(7-15-11)17-8-12-6-10(2)18-16-12/h3-4,6-7,9H,5,8,14H2,1-2H3. The van der Waals surface area contributed by atoms with Crippen LogP contribution in [0.4, 0.5) is 0 Å². The summed E-state index contributed by atoms with van der Waals surface area (Å²) in [7, 11) is 0. The number of hydrogen-bond donors (Lipinski definition) is 1. The first-order chi connectivity index (χ1) is 8.63. The summed E-state index contributed by atoms with van der Waals surface area (Å²) in [5.74, 6) is 1.49. The lowest BCUT2D eigenvalue weighted by molar-refractivity contribution is 0.286. The highest BCUT2D eigenvalue weighted by molar-refractivity contribution is 5.20. The van der Waals surface area contributed by atoms with Crippen LogP contribution in [0, 0.1) is 6.92 Å². The molecule has 96 valence electrons. The second kappa shape index (κ2) is 5.64. The molecule has 0 aromatic carbocycles. The van der Waals surface area contributed by atoms with Crippen LogP contribution in [0.2, 0.25) is 0 Å². The van der Waals surface area contributed by atoms with Crippen molar-refractivity contribution in [3.05, 3.63) is 41.5 Å². The maximum atomic E-state index is 5.71. The second-order valence-corrected chi connectivity index (χ2v) is 4.38. The molecule has 5 nitrogen and oxygen atoms in total. The molecule has 0 spiro atoms. The van der Waals surface area contributed by atoms with E-state index in [1.165, 1.54) is 0 Å². The van der Waals surface area contributed by atoms with E-state index in [9.17, 15) is 0 Å². The molecule has 2 aromatic heterocycles. The minimum Gasteiger partial charge on any atom is -0.486 e. The van der Waals surface area contributed by atoms with Crippen LogP contribution in [0.5, 0.6) is 5.75 Å². The lowest BCUT2D eigenvalue weighted by Gasteiger charge is -2.06. The molecule has 1 atom stereocenters.